The topological polar surface area (TPSA) is 77.6 Å². The third-order valence-electron chi connectivity index (χ3n) is 3.89. The van der Waals surface area contributed by atoms with Crippen LogP contribution in [-0.2, 0) is 6.54 Å². The minimum atomic E-state index is -0.0738. The predicted molar refractivity (Wildman–Crippen MR) is 83.0 cm³/mol. The summed E-state index contributed by atoms with van der Waals surface area (Å²) in [5.41, 5.74) is 1.59. The van der Waals surface area contributed by atoms with Gasteiger partial charge in [0.2, 0.25) is 0 Å². The summed E-state index contributed by atoms with van der Waals surface area (Å²) in [6.45, 7) is 0.387. The monoisotopic (exact) mass is 308 g/mol. The Morgan fingerprint density at radius 1 is 1.30 bits per heavy atom. The average molecular weight is 308 g/mol. The van der Waals surface area contributed by atoms with E-state index in [4.69, 9.17) is 0 Å². The normalized spacial score (nSPS) is 13.9. The fourth-order valence-corrected chi connectivity index (χ4v) is 2.62. The summed E-state index contributed by atoms with van der Waals surface area (Å²) in [6, 6.07) is 8.02. The fraction of sp³-hybridized carbons (Fsp3) is 0.250. The minimum absolute atomic E-state index is 0.0738. The maximum atomic E-state index is 12.4. The summed E-state index contributed by atoms with van der Waals surface area (Å²) in [6.07, 6.45) is 9.01. The fourth-order valence-electron chi connectivity index (χ4n) is 2.62. The molecule has 1 aliphatic carbocycles. The molecule has 0 saturated heterocycles. The number of rotatable bonds is 5. The van der Waals surface area contributed by atoms with Crippen molar-refractivity contribution in [2.24, 2.45) is 0 Å². The van der Waals surface area contributed by atoms with Crippen LogP contribution in [-0.4, -0.2) is 30.2 Å². The highest BCUT2D eigenvalue weighted by Gasteiger charge is 2.26. The van der Waals surface area contributed by atoms with Gasteiger partial charge in [0.25, 0.3) is 5.91 Å². The Morgan fingerprint density at radius 3 is 3.00 bits per heavy atom. The van der Waals surface area contributed by atoms with E-state index in [1.54, 1.807) is 17.2 Å². The van der Waals surface area contributed by atoms with Crippen LogP contribution < -0.4 is 5.32 Å². The number of nitrogens with one attached hydrogen (secondary N) is 1. The largest absolute Gasteiger partial charge is 0.347 e. The molecule has 1 aliphatic rings. The number of aromatic nitrogens is 5. The molecule has 0 radical (unpaired) electrons. The molecule has 0 aliphatic heterocycles. The van der Waals surface area contributed by atoms with Crippen molar-refractivity contribution in [2.75, 3.05) is 0 Å². The van der Waals surface area contributed by atoms with Gasteiger partial charge in [-0.15, -0.1) is 0 Å². The van der Waals surface area contributed by atoms with Crippen LogP contribution in [0, 0.1) is 0 Å². The Kier molecular flexibility index (Phi) is 3.38. The number of carbonyl (C=O) groups is 1. The minimum Gasteiger partial charge on any atom is -0.347 e. The summed E-state index contributed by atoms with van der Waals surface area (Å²) >= 11 is 0. The van der Waals surface area contributed by atoms with Crippen molar-refractivity contribution in [3.63, 3.8) is 0 Å². The first-order chi connectivity index (χ1) is 11.3. The molecule has 1 amide bonds. The van der Waals surface area contributed by atoms with Gasteiger partial charge in [-0.2, -0.15) is 5.10 Å². The van der Waals surface area contributed by atoms with Crippen LogP contribution in [0.15, 0.2) is 49.3 Å². The molecule has 1 N–H and O–H groups in total. The van der Waals surface area contributed by atoms with E-state index in [1.165, 1.54) is 6.33 Å². The van der Waals surface area contributed by atoms with Gasteiger partial charge in [-0.3, -0.25) is 4.79 Å². The van der Waals surface area contributed by atoms with Crippen LogP contribution in [0.2, 0.25) is 0 Å². The lowest BCUT2D eigenvalue weighted by Crippen LogP contribution is -2.26. The summed E-state index contributed by atoms with van der Waals surface area (Å²) in [5.74, 6) is 0.596. The number of nitrogens with zero attached hydrogens (tertiary/aromatic N) is 5. The molecule has 0 spiro atoms. The molecular formula is C16H16N6O. The third-order valence-corrected chi connectivity index (χ3v) is 3.89. The molecule has 0 atom stereocenters. The lowest BCUT2D eigenvalue weighted by molar-refractivity contribution is 0.0941. The Morgan fingerprint density at radius 2 is 2.22 bits per heavy atom. The van der Waals surface area contributed by atoms with Gasteiger partial charge < -0.3 is 9.88 Å². The van der Waals surface area contributed by atoms with Gasteiger partial charge in [0.15, 0.2) is 5.82 Å². The molecule has 3 aromatic heterocycles. The van der Waals surface area contributed by atoms with Crippen molar-refractivity contribution in [1.82, 2.24) is 29.6 Å². The molecule has 3 aromatic rings. The van der Waals surface area contributed by atoms with Crippen LogP contribution in [0.3, 0.4) is 0 Å². The molecule has 116 valence electrons. The maximum Gasteiger partial charge on any atom is 0.268 e. The predicted octanol–water partition coefficient (Wildman–Crippen LogP) is 1.73. The highest BCUT2D eigenvalue weighted by molar-refractivity contribution is 5.92. The van der Waals surface area contributed by atoms with Gasteiger partial charge in [0, 0.05) is 30.5 Å². The number of carbonyl (C=O) groups excluding carboxylic acids is 1. The van der Waals surface area contributed by atoms with Crippen LogP contribution in [0.5, 0.6) is 0 Å². The summed E-state index contributed by atoms with van der Waals surface area (Å²) in [4.78, 5) is 20.7. The average Bonchev–Trinajstić information content (AvgIpc) is 3.09. The smallest absolute Gasteiger partial charge is 0.268 e. The number of hydrogen-bond acceptors (Lipinski definition) is 4. The Bertz CT molecular complexity index is 819. The van der Waals surface area contributed by atoms with Crippen molar-refractivity contribution in [3.8, 4) is 5.82 Å². The lowest BCUT2D eigenvalue weighted by Gasteiger charge is -2.11. The molecular weight excluding hydrogens is 292 g/mol. The summed E-state index contributed by atoms with van der Waals surface area (Å²) in [5, 5.41) is 7.06. The number of hydrogen-bond donors (Lipinski definition) is 1. The van der Waals surface area contributed by atoms with Gasteiger partial charge in [0.05, 0.1) is 0 Å². The summed E-state index contributed by atoms with van der Waals surface area (Å²) < 4.78 is 3.64. The quantitative estimate of drug-likeness (QED) is 0.778. The molecule has 4 rings (SSSR count). The molecule has 0 bridgehead atoms. The SMILES string of the molecule is O=C(NCc1cccnc1-n1cncn1)c1cccn1C1CC1. The molecule has 23 heavy (non-hydrogen) atoms. The first-order valence-electron chi connectivity index (χ1n) is 7.57. The zero-order chi connectivity index (χ0) is 15.6. The Labute approximate surface area is 133 Å². The van der Waals surface area contributed by atoms with Gasteiger partial charge in [-0.25, -0.2) is 14.6 Å². The molecule has 1 saturated carbocycles. The van der Waals surface area contributed by atoms with Crippen LogP contribution in [0.4, 0.5) is 0 Å². The Hall–Kier alpha value is -2.96. The van der Waals surface area contributed by atoms with Gasteiger partial charge in [-0.1, -0.05) is 6.07 Å². The third kappa shape index (κ3) is 2.73. The van der Waals surface area contributed by atoms with E-state index in [0.717, 1.165) is 18.4 Å². The molecule has 7 heteroatoms. The standard InChI is InChI=1S/C16H16N6O/c23-16(14-4-2-8-21(14)13-5-6-13)19-9-12-3-1-7-18-15(12)22-11-17-10-20-22/h1-4,7-8,10-11,13H,5-6,9H2,(H,19,23). The van der Waals surface area contributed by atoms with Gasteiger partial charge in [-0.05, 0) is 31.0 Å². The van der Waals surface area contributed by atoms with Crippen molar-refractivity contribution in [2.45, 2.75) is 25.4 Å². The Balaban J connectivity index is 1.51. The zero-order valence-corrected chi connectivity index (χ0v) is 12.5. The van der Waals surface area contributed by atoms with E-state index >= 15 is 0 Å². The first-order valence-corrected chi connectivity index (χ1v) is 7.57. The summed E-state index contributed by atoms with van der Waals surface area (Å²) in [7, 11) is 0. The van der Waals surface area contributed by atoms with E-state index < -0.39 is 0 Å². The van der Waals surface area contributed by atoms with Gasteiger partial charge >= 0.3 is 0 Å². The molecule has 3 heterocycles. The molecule has 0 unspecified atom stereocenters. The van der Waals surface area contributed by atoms with Crippen LogP contribution in [0.25, 0.3) is 5.82 Å². The van der Waals surface area contributed by atoms with E-state index in [2.05, 4.69) is 25.0 Å². The van der Waals surface area contributed by atoms with Crippen LogP contribution >= 0.6 is 0 Å². The second-order valence-corrected chi connectivity index (χ2v) is 5.54. The van der Waals surface area contributed by atoms with Crippen LogP contribution in [0.1, 0.15) is 34.9 Å². The molecule has 0 aromatic carbocycles. The van der Waals surface area contributed by atoms with Crippen molar-refractivity contribution in [1.29, 1.82) is 0 Å². The van der Waals surface area contributed by atoms with E-state index in [-0.39, 0.29) is 5.91 Å². The second-order valence-electron chi connectivity index (χ2n) is 5.54. The van der Waals surface area contributed by atoms with E-state index in [1.807, 2.05) is 30.5 Å². The maximum absolute atomic E-state index is 12.4. The second kappa shape index (κ2) is 5.68. The number of pyridine rings is 1. The van der Waals surface area contributed by atoms with Crippen molar-refractivity contribution in [3.05, 3.63) is 60.6 Å². The van der Waals surface area contributed by atoms with E-state index in [0.29, 0.717) is 24.1 Å². The lowest BCUT2D eigenvalue weighted by atomic mass is 10.2. The molecule has 7 nitrogen and oxygen atoms in total. The first kappa shape index (κ1) is 13.7. The highest BCUT2D eigenvalue weighted by atomic mass is 16.1. The van der Waals surface area contributed by atoms with E-state index in [9.17, 15) is 4.79 Å². The molecule has 1 fully saturated rings. The van der Waals surface area contributed by atoms with Gasteiger partial charge in [0.1, 0.15) is 18.3 Å². The highest BCUT2D eigenvalue weighted by Crippen LogP contribution is 2.35. The number of amides is 1. The zero-order valence-electron chi connectivity index (χ0n) is 12.5. The van der Waals surface area contributed by atoms with Crippen molar-refractivity contribution < 1.29 is 4.79 Å². The van der Waals surface area contributed by atoms with Crippen molar-refractivity contribution >= 4 is 5.91 Å².